The van der Waals surface area contributed by atoms with E-state index in [1.165, 1.54) is 123 Å². The van der Waals surface area contributed by atoms with E-state index < -0.39 is 0 Å². The Morgan fingerprint density at radius 3 is 1.51 bits per heavy atom. The van der Waals surface area contributed by atoms with Crippen LogP contribution >= 0.6 is 0 Å². The minimum atomic E-state index is -0.151. The summed E-state index contributed by atoms with van der Waals surface area (Å²) in [5, 5.41) is 0. The zero-order valence-corrected chi connectivity index (χ0v) is 41.5. The first-order valence-corrected chi connectivity index (χ1v) is 25.9. The highest BCUT2D eigenvalue weighted by atomic mass is 15.1. The third-order valence-electron chi connectivity index (χ3n) is 16.6. The summed E-state index contributed by atoms with van der Waals surface area (Å²) in [5.41, 5.74) is 19.4. The number of fused-ring (bicyclic) bond motifs is 3. The predicted octanol–water partition coefficient (Wildman–Crippen LogP) is 19.2. The van der Waals surface area contributed by atoms with Crippen LogP contribution in [0, 0.1) is 11.3 Å². The fraction of sp³-hybridized carbons (Fsp3) is 0.284. The van der Waals surface area contributed by atoms with Gasteiger partial charge in [-0.3, -0.25) is 0 Å². The molecule has 2 nitrogen and oxygen atoms in total. The lowest BCUT2D eigenvalue weighted by molar-refractivity contribution is 0.137. The maximum Gasteiger partial charge on any atom is 0.0465 e. The number of hydrogen-bond donors (Lipinski definition) is 0. The van der Waals surface area contributed by atoms with Gasteiger partial charge in [0.15, 0.2) is 0 Å². The summed E-state index contributed by atoms with van der Waals surface area (Å²) in [5.74, 6) is 1.30. The Morgan fingerprint density at radius 1 is 0.435 bits per heavy atom. The van der Waals surface area contributed by atoms with E-state index in [1.807, 2.05) is 0 Å². The van der Waals surface area contributed by atoms with Gasteiger partial charge in [-0.1, -0.05) is 188 Å². The Morgan fingerprint density at radius 2 is 0.942 bits per heavy atom. The van der Waals surface area contributed by atoms with Crippen molar-refractivity contribution in [2.75, 3.05) is 9.80 Å². The lowest BCUT2D eigenvalue weighted by Gasteiger charge is -2.46. The second kappa shape index (κ2) is 18.4. The van der Waals surface area contributed by atoms with Gasteiger partial charge in [0.05, 0.1) is 0 Å². The lowest BCUT2D eigenvalue weighted by Crippen LogP contribution is -2.38. The van der Waals surface area contributed by atoms with Crippen LogP contribution in [0.1, 0.15) is 126 Å². The van der Waals surface area contributed by atoms with Crippen LogP contribution in [0.3, 0.4) is 0 Å². The highest BCUT2D eigenvalue weighted by Gasteiger charge is 2.43. The molecule has 8 aromatic rings. The molecule has 346 valence electrons. The van der Waals surface area contributed by atoms with Crippen LogP contribution in [0.4, 0.5) is 34.1 Å². The summed E-state index contributed by atoms with van der Waals surface area (Å²) in [7, 11) is 0. The predicted molar refractivity (Wildman–Crippen MR) is 293 cm³/mol. The summed E-state index contributed by atoms with van der Waals surface area (Å²) >= 11 is 0. The molecule has 2 atom stereocenters. The molecule has 2 unspecified atom stereocenters. The van der Waals surface area contributed by atoms with Crippen molar-refractivity contribution in [1.29, 1.82) is 0 Å². The van der Waals surface area contributed by atoms with Gasteiger partial charge in [0.1, 0.15) is 0 Å². The molecular formula is C67H68N2. The molecule has 0 saturated heterocycles. The maximum atomic E-state index is 2.47. The molecule has 11 rings (SSSR count). The fourth-order valence-corrected chi connectivity index (χ4v) is 12.7. The lowest BCUT2D eigenvalue weighted by atomic mass is 9.58. The number of para-hydroxylation sites is 2. The smallest absolute Gasteiger partial charge is 0.0465 e. The van der Waals surface area contributed by atoms with Crippen molar-refractivity contribution in [1.82, 2.24) is 0 Å². The molecule has 0 radical (unpaired) electrons. The summed E-state index contributed by atoms with van der Waals surface area (Å²) in [6, 6.07) is 75.7. The molecule has 69 heavy (non-hydrogen) atoms. The number of rotatable bonds is 10. The normalized spacial score (nSPS) is 18.8. The molecule has 3 aliphatic rings. The SMILES string of the molecule is CC1(C)c2cc(N(c3ccccc3)c3ccc(C4(c5ccc(N(c6ccccc6)c6ccc(C7CCCCC7)cc6)cc5)CCCC(C(C)(C)C)C4)cc3)ccc2-c2c(-c3ccccc3)cccc21. The summed E-state index contributed by atoms with van der Waals surface area (Å²) in [6.07, 6.45) is 11.5. The quantitative estimate of drug-likeness (QED) is 0.135. The van der Waals surface area contributed by atoms with Crippen LogP contribution in [0.25, 0.3) is 22.3 Å². The largest absolute Gasteiger partial charge is 0.311 e. The van der Waals surface area contributed by atoms with Crippen LogP contribution in [0.5, 0.6) is 0 Å². The molecule has 0 bridgehead atoms. The van der Waals surface area contributed by atoms with Crippen molar-refractivity contribution >= 4 is 34.1 Å². The minimum Gasteiger partial charge on any atom is -0.311 e. The third-order valence-corrected chi connectivity index (χ3v) is 16.6. The Hall–Kier alpha value is -6.64. The van der Waals surface area contributed by atoms with E-state index in [0.29, 0.717) is 11.8 Å². The van der Waals surface area contributed by atoms with Crippen molar-refractivity contribution in [3.8, 4) is 22.3 Å². The van der Waals surface area contributed by atoms with Gasteiger partial charge in [0.25, 0.3) is 0 Å². The van der Waals surface area contributed by atoms with Gasteiger partial charge in [-0.15, -0.1) is 0 Å². The molecule has 2 saturated carbocycles. The van der Waals surface area contributed by atoms with Crippen molar-refractivity contribution in [3.05, 3.63) is 228 Å². The Balaban J connectivity index is 0.964. The number of benzene rings is 8. The second-order valence-electron chi connectivity index (χ2n) is 22.1. The van der Waals surface area contributed by atoms with E-state index >= 15 is 0 Å². The van der Waals surface area contributed by atoms with Crippen molar-refractivity contribution < 1.29 is 0 Å². The highest BCUT2D eigenvalue weighted by Crippen LogP contribution is 2.55. The van der Waals surface area contributed by atoms with Gasteiger partial charge >= 0.3 is 0 Å². The zero-order valence-electron chi connectivity index (χ0n) is 41.5. The van der Waals surface area contributed by atoms with Gasteiger partial charge in [-0.2, -0.15) is 0 Å². The number of anilines is 6. The molecule has 8 aromatic carbocycles. The average Bonchev–Trinajstić information content (AvgIpc) is 3.63. The molecular weight excluding hydrogens is 833 g/mol. The van der Waals surface area contributed by atoms with E-state index in [1.54, 1.807) is 0 Å². The summed E-state index contributed by atoms with van der Waals surface area (Å²) in [4.78, 5) is 4.90. The van der Waals surface area contributed by atoms with Crippen LogP contribution in [0.2, 0.25) is 0 Å². The van der Waals surface area contributed by atoms with Gasteiger partial charge < -0.3 is 9.80 Å². The molecule has 3 aliphatic carbocycles. The van der Waals surface area contributed by atoms with E-state index in [9.17, 15) is 0 Å². The topological polar surface area (TPSA) is 6.48 Å². The average molecular weight is 901 g/mol. The van der Waals surface area contributed by atoms with Crippen molar-refractivity contribution in [2.45, 2.75) is 109 Å². The van der Waals surface area contributed by atoms with E-state index in [0.717, 1.165) is 18.5 Å². The number of hydrogen-bond acceptors (Lipinski definition) is 2. The fourth-order valence-electron chi connectivity index (χ4n) is 12.7. The number of nitrogens with zero attached hydrogens (tertiary/aromatic N) is 2. The molecule has 0 heterocycles. The van der Waals surface area contributed by atoms with E-state index in [-0.39, 0.29) is 16.2 Å². The molecule has 0 N–H and O–H groups in total. The van der Waals surface area contributed by atoms with Crippen LogP contribution < -0.4 is 9.80 Å². The molecule has 2 fully saturated rings. The second-order valence-corrected chi connectivity index (χ2v) is 22.1. The van der Waals surface area contributed by atoms with Crippen molar-refractivity contribution in [3.63, 3.8) is 0 Å². The van der Waals surface area contributed by atoms with Gasteiger partial charge in [-0.05, 0) is 172 Å². The first-order valence-electron chi connectivity index (χ1n) is 25.9. The molecule has 2 heteroatoms. The zero-order chi connectivity index (χ0) is 47.2. The highest BCUT2D eigenvalue weighted by molar-refractivity contribution is 5.94. The van der Waals surface area contributed by atoms with Gasteiger partial charge in [0.2, 0.25) is 0 Å². The van der Waals surface area contributed by atoms with Gasteiger partial charge in [-0.25, -0.2) is 0 Å². The van der Waals surface area contributed by atoms with Gasteiger partial charge in [0, 0.05) is 45.0 Å². The maximum absolute atomic E-state index is 2.47. The summed E-state index contributed by atoms with van der Waals surface area (Å²) in [6.45, 7) is 12.1. The van der Waals surface area contributed by atoms with Crippen LogP contribution in [-0.2, 0) is 10.8 Å². The Bertz CT molecular complexity index is 3010. The Labute approximate surface area is 412 Å². The standard InChI is InChI=1S/C67H68N2/c1-65(2,3)53-24-19-45-67(47-53,51-33-39-57(40-34-51)68(54-25-14-8-15-26-54)56-37-31-49(32-38-56)48-20-10-6-11-21-48)52-35-41-58(42-36-52)69(55-27-16-9-17-28-55)59-43-44-61-63(46-59)66(4,5)62-30-18-29-60(64(61)62)50-22-12-7-13-23-50/h7-9,12-18,22-23,25-44,46,48,53H,6,10-11,19-21,24,45,47H2,1-5H3. The molecule has 0 aromatic heterocycles. The molecule has 0 amide bonds. The van der Waals surface area contributed by atoms with Crippen LogP contribution in [0.15, 0.2) is 200 Å². The van der Waals surface area contributed by atoms with Crippen molar-refractivity contribution in [2.24, 2.45) is 11.3 Å². The first kappa shape index (κ1) is 44.8. The Kier molecular flexibility index (Phi) is 11.9. The third kappa shape index (κ3) is 8.41. The van der Waals surface area contributed by atoms with Crippen LogP contribution in [-0.4, -0.2) is 0 Å². The minimum absolute atomic E-state index is 0.107. The molecule has 0 aliphatic heterocycles. The van der Waals surface area contributed by atoms with E-state index in [4.69, 9.17) is 0 Å². The summed E-state index contributed by atoms with van der Waals surface area (Å²) < 4.78 is 0. The first-order chi connectivity index (χ1) is 33.6. The monoisotopic (exact) mass is 901 g/mol. The molecule has 0 spiro atoms. The van der Waals surface area contributed by atoms with E-state index in [2.05, 4.69) is 245 Å².